The van der Waals surface area contributed by atoms with Crippen molar-refractivity contribution in [3.63, 3.8) is 0 Å². The van der Waals surface area contributed by atoms with E-state index in [9.17, 15) is 8.68 Å². The predicted octanol–water partition coefficient (Wildman–Crippen LogP) is -0.371. The summed E-state index contributed by atoms with van der Waals surface area (Å²) in [5.74, 6) is -0.529. The molecule has 0 aliphatic rings. The van der Waals surface area contributed by atoms with Crippen LogP contribution < -0.4 is 4.72 Å². The summed E-state index contributed by atoms with van der Waals surface area (Å²) in [5.41, 5.74) is 0. The van der Waals surface area contributed by atoms with Crippen molar-refractivity contribution in [2.24, 2.45) is 0 Å². The molecule has 0 aliphatic heterocycles. The van der Waals surface area contributed by atoms with Gasteiger partial charge in [0, 0.05) is 18.3 Å². The van der Waals surface area contributed by atoms with Gasteiger partial charge in [0.15, 0.2) is 10.0 Å². The molecule has 1 amide bonds. The van der Waals surface area contributed by atoms with Gasteiger partial charge in [-0.05, 0) is 0 Å². The van der Waals surface area contributed by atoms with Gasteiger partial charge in [0.05, 0.1) is 0 Å². The molecule has 0 saturated carbocycles. The van der Waals surface area contributed by atoms with Crippen molar-refractivity contribution in [3.05, 3.63) is 0 Å². The average molecular weight is 171 g/mol. The van der Waals surface area contributed by atoms with Crippen LogP contribution in [0.2, 0.25) is 0 Å². The highest BCUT2D eigenvalue weighted by atomic mass is 32.8. The van der Waals surface area contributed by atoms with Crippen molar-refractivity contribution in [3.8, 4) is 0 Å². The summed E-state index contributed by atoms with van der Waals surface area (Å²) < 4.78 is 18.0. The first-order chi connectivity index (χ1) is 4.16. The second kappa shape index (κ2) is 4.78. The first-order valence-electron chi connectivity index (χ1n) is 2.03. The van der Waals surface area contributed by atoms with Crippen molar-refractivity contribution in [1.29, 1.82) is 0 Å². The van der Waals surface area contributed by atoms with Gasteiger partial charge in [-0.25, -0.2) is 0 Å². The summed E-state index contributed by atoms with van der Waals surface area (Å²) in [7, 11) is -0.597. The summed E-state index contributed by atoms with van der Waals surface area (Å²) in [6, 6.07) is 0. The van der Waals surface area contributed by atoms with Gasteiger partial charge in [-0.2, -0.15) is 0 Å². The Hall–Kier alpha value is -0.0700. The smallest absolute Gasteiger partial charge is 0.257 e. The standard InChI is InChI=1S/C3H6FNO2S2/c1-7-2-3(6)5-9(4)8/h2H2,1H3,(H,5,6). The molecule has 0 aromatic heterocycles. The molecule has 9 heavy (non-hydrogen) atoms. The molecule has 54 valence electrons. The van der Waals surface area contributed by atoms with Crippen LogP contribution >= 0.6 is 0 Å². The summed E-state index contributed by atoms with van der Waals surface area (Å²) in [6.07, 6.45) is 0. The number of hydrogen-bond acceptors (Lipinski definition) is 3. The highest BCUT2D eigenvalue weighted by molar-refractivity contribution is 8.25. The van der Waals surface area contributed by atoms with Crippen molar-refractivity contribution in [2.75, 3.05) is 13.7 Å². The molecule has 0 fully saturated rings. The molecular formula is C3H6FNO2S2. The molecule has 1 N–H and O–H groups in total. The molecular weight excluding hydrogens is 165 g/mol. The quantitative estimate of drug-likeness (QED) is 0.589. The number of halogens is 1. The number of carbonyl (C=O) groups is 1. The fourth-order valence-corrected chi connectivity index (χ4v) is 0.767. The molecule has 1 atom stereocenters. The largest absolute Gasteiger partial charge is 0.375 e. The van der Waals surface area contributed by atoms with E-state index in [1.54, 1.807) is 0 Å². The molecule has 0 aromatic rings. The fourth-order valence-electron chi connectivity index (χ4n) is 0.250. The van der Waals surface area contributed by atoms with Crippen LogP contribution in [-0.4, -0.2) is 19.6 Å². The van der Waals surface area contributed by atoms with E-state index in [1.807, 2.05) is 4.72 Å². The summed E-state index contributed by atoms with van der Waals surface area (Å²) in [5, 5.41) is 0. The van der Waals surface area contributed by atoms with Crippen molar-refractivity contribution in [1.82, 2.24) is 4.72 Å². The second-order valence-corrected chi connectivity index (χ2v) is 2.71. The normalized spacial score (nSPS) is 12.7. The summed E-state index contributed by atoms with van der Waals surface area (Å²) in [6.45, 7) is -0.149. The molecule has 6 heteroatoms. The van der Waals surface area contributed by atoms with E-state index in [-0.39, 0.29) is 6.61 Å². The number of carbonyl (C=O) groups excluding carboxylic acids is 1. The lowest BCUT2D eigenvalue weighted by Gasteiger charge is -1.96. The van der Waals surface area contributed by atoms with E-state index >= 15 is 0 Å². The van der Waals surface area contributed by atoms with Crippen molar-refractivity contribution < 1.29 is 13.4 Å². The molecule has 0 rings (SSSR count). The third-order valence-electron chi connectivity index (χ3n) is 0.470. The van der Waals surface area contributed by atoms with Crippen LogP contribution in [0.15, 0.2) is 0 Å². The molecule has 0 saturated heterocycles. The Bertz CT molecular complexity index is 129. The molecule has 0 bridgehead atoms. The van der Waals surface area contributed by atoms with Gasteiger partial charge in [-0.15, -0.1) is 3.89 Å². The molecule has 0 spiro atoms. The van der Waals surface area contributed by atoms with E-state index in [1.165, 1.54) is 7.11 Å². The second-order valence-electron chi connectivity index (χ2n) is 1.18. The Morgan fingerprint density at radius 2 is 2.56 bits per heavy atom. The van der Waals surface area contributed by atoms with Crippen LogP contribution in [0.5, 0.6) is 0 Å². The lowest BCUT2D eigenvalue weighted by molar-refractivity contribution is -0.122. The monoisotopic (exact) mass is 171 g/mol. The van der Waals surface area contributed by atoms with Crippen LogP contribution in [0.4, 0.5) is 3.89 Å². The number of methoxy groups -OCH3 is 1. The summed E-state index contributed by atoms with van der Waals surface area (Å²) in [4.78, 5) is 10.3. The molecule has 3 nitrogen and oxygen atoms in total. The Morgan fingerprint density at radius 1 is 2.00 bits per heavy atom. The van der Waals surface area contributed by atoms with Crippen molar-refractivity contribution >= 4 is 27.1 Å². The zero-order chi connectivity index (χ0) is 7.28. The molecule has 0 aliphatic carbocycles. The van der Waals surface area contributed by atoms with E-state index in [0.29, 0.717) is 0 Å². The predicted molar refractivity (Wildman–Crippen MR) is 35.9 cm³/mol. The SMILES string of the molecule is COCC(=O)NS(F)=S. The molecule has 0 heterocycles. The van der Waals surface area contributed by atoms with Crippen LogP contribution in [0.3, 0.4) is 0 Å². The lowest BCUT2D eigenvalue weighted by Crippen LogP contribution is -2.26. The fraction of sp³-hybridized carbons (Fsp3) is 0.667. The van der Waals surface area contributed by atoms with Crippen LogP contribution in [0.1, 0.15) is 0 Å². The highest BCUT2D eigenvalue weighted by Gasteiger charge is 1.99. The minimum atomic E-state index is -1.94. The maximum atomic E-state index is 11.7. The first-order valence-corrected chi connectivity index (χ1v) is 4.08. The van der Waals surface area contributed by atoms with Gasteiger partial charge in [0.2, 0.25) is 0 Å². The van der Waals surface area contributed by atoms with Crippen LogP contribution in [-0.2, 0) is 30.7 Å². The number of rotatable bonds is 3. The van der Waals surface area contributed by atoms with Crippen LogP contribution in [0.25, 0.3) is 0 Å². The number of amides is 1. The highest BCUT2D eigenvalue weighted by Crippen LogP contribution is 1.76. The first kappa shape index (κ1) is 8.93. The van der Waals surface area contributed by atoms with Crippen molar-refractivity contribution in [2.45, 2.75) is 0 Å². The maximum absolute atomic E-state index is 11.7. The number of hydrogen-bond donors (Lipinski definition) is 1. The maximum Gasteiger partial charge on any atom is 0.257 e. The Labute approximate surface area is 59.6 Å². The zero-order valence-corrected chi connectivity index (χ0v) is 6.35. The number of nitrogens with one attached hydrogen (secondary N) is 1. The van der Waals surface area contributed by atoms with E-state index in [4.69, 9.17) is 0 Å². The van der Waals surface area contributed by atoms with E-state index in [0.717, 1.165) is 0 Å². The number of ether oxygens (including phenoxy) is 1. The molecule has 1 unspecified atom stereocenters. The van der Waals surface area contributed by atoms with Gasteiger partial charge >= 0.3 is 0 Å². The summed E-state index contributed by atoms with van der Waals surface area (Å²) >= 11 is 4.04. The molecule has 0 radical (unpaired) electrons. The van der Waals surface area contributed by atoms with Gasteiger partial charge < -0.3 is 4.74 Å². The Morgan fingerprint density at radius 3 is 2.89 bits per heavy atom. The zero-order valence-electron chi connectivity index (χ0n) is 4.72. The minimum Gasteiger partial charge on any atom is -0.375 e. The topological polar surface area (TPSA) is 38.3 Å². The van der Waals surface area contributed by atoms with Gasteiger partial charge in [0.1, 0.15) is 6.61 Å². The average Bonchev–Trinajstić information content (AvgIpc) is 1.63. The van der Waals surface area contributed by atoms with Crippen LogP contribution in [0, 0.1) is 0 Å². The third-order valence-corrected chi connectivity index (χ3v) is 1.11. The lowest BCUT2D eigenvalue weighted by atomic mass is 10.7. The Balaban J connectivity index is 3.39. The molecule has 0 aromatic carbocycles. The minimum absolute atomic E-state index is 0.149. The van der Waals surface area contributed by atoms with Gasteiger partial charge in [-0.3, -0.25) is 9.52 Å². The third kappa shape index (κ3) is 5.81. The Kier molecular flexibility index (Phi) is 4.74. The van der Waals surface area contributed by atoms with Gasteiger partial charge in [-0.1, -0.05) is 0 Å². The van der Waals surface area contributed by atoms with E-state index < -0.39 is 15.9 Å². The van der Waals surface area contributed by atoms with Gasteiger partial charge in [0.25, 0.3) is 5.91 Å². The van der Waals surface area contributed by atoms with E-state index in [2.05, 4.69) is 15.9 Å².